The SMILES string of the molecule is CC[C@H](C)NC(=O)c1cc(NC(=O)[C@@H](Cl)c2ccccc2)ccc1N1CCCCC1. The zero-order valence-electron chi connectivity index (χ0n) is 17.7. The molecule has 0 radical (unpaired) electrons. The second kappa shape index (κ2) is 10.5. The molecule has 6 heteroatoms. The number of rotatable bonds is 7. The van der Waals surface area contributed by atoms with Crippen molar-refractivity contribution in [3.63, 3.8) is 0 Å². The van der Waals surface area contributed by atoms with Crippen LogP contribution in [0, 0.1) is 0 Å². The van der Waals surface area contributed by atoms with E-state index in [1.54, 1.807) is 6.07 Å². The first-order valence-corrected chi connectivity index (χ1v) is 11.1. The van der Waals surface area contributed by atoms with E-state index < -0.39 is 5.38 Å². The van der Waals surface area contributed by atoms with Crippen LogP contribution in [0.25, 0.3) is 0 Å². The predicted octanol–water partition coefficient (Wildman–Crippen LogP) is 5.12. The number of piperidine rings is 1. The Bertz CT molecular complexity index is 866. The van der Waals surface area contributed by atoms with Crippen molar-refractivity contribution >= 4 is 34.8 Å². The fourth-order valence-corrected chi connectivity index (χ4v) is 3.79. The highest BCUT2D eigenvalue weighted by atomic mass is 35.5. The van der Waals surface area contributed by atoms with E-state index in [2.05, 4.69) is 15.5 Å². The second-order valence-corrected chi connectivity index (χ2v) is 8.26. The molecule has 5 nitrogen and oxygen atoms in total. The molecule has 1 aliphatic heterocycles. The smallest absolute Gasteiger partial charge is 0.253 e. The van der Waals surface area contributed by atoms with E-state index in [0.717, 1.165) is 43.6 Å². The van der Waals surface area contributed by atoms with Gasteiger partial charge in [0.05, 0.1) is 5.56 Å². The number of amides is 2. The van der Waals surface area contributed by atoms with Crippen LogP contribution in [-0.4, -0.2) is 30.9 Å². The molecule has 2 N–H and O–H groups in total. The number of alkyl halides is 1. The van der Waals surface area contributed by atoms with Gasteiger partial charge >= 0.3 is 0 Å². The van der Waals surface area contributed by atoms with Gasteiger partial charge in [0, 0.05) is 30.5 Å². The minimum absolute atomic E-state index is 0.0789. The molecule has 2 atom stereocenters. The highest BCUT2D eigenvalue weighted by Gasteiger charge is 2.22. The molecule has 0 aliphatic carbocycles. The van der Waals surface area contributed by atoms with Gasteiger partial charge in [-0.1, -0.05) is 37.3 Å². The Balaban J connectivity index is 1.83. The van der Waals surface area contributed by atoms with Gasteiger partial charge in [0.25, 0.3) is 5.91 Å². The topological polar surface area (TPSA) is 61.4 Å². The lowest BCUT2D eigenvalue weighted by Gasteiger charge is -2.31. The van der Waals surface area contributed by atoms with Gasteiger partial charge in [0.1, 0.15) is 5.38 Å². The van der Waals surface area contributed by atoms with Crippen molar-refractivity contribution in [3.8, 4) is 0 Å². The highest BCUT2D eigenvalue weighted by Crippen LogP contribution is 2.29. The third kappa shape index (κ3) is 5.54. The standard InChI is InChI=1S/C24H30ClN3O2/c1-3-17(2)26-23(29)20-16-19(12-13-21(20)28-14-8-5-9-15-28)27-24(30)22(25)18-10-6-4-7-11-18/h4,6-7,10-13,16-17,22H,3,5,8-9,14-15H2,1-2H3,(H,26,29)(H,27,30)/t17-,22-/m0/s1. The predicted molar refractivity (Wildman–Crippen MR) is 123 cm³/mol. The van der Waals surface area contributed by atoms with E-state index in [1.165, 1.54) is 6.42 Å². The van der Waals surface area contributed by atoms with Crippen LogP contribution in [0.3, 0.4) is 0 Å². The molecule has 0 aromatic heterocycles. The molecule has 1 fully saturated rings. The molecule has 2 aromatic rings. The van der Waals surface area contributed by atoms with E-state index in [-0.39, 0.29) is 17.9 Å². The van der Waals surface area contributed by atoms with Crippen LogP contribution in [0.15, 0.2) is 48.5 Å². The Labute approximate surface area is 183 Å². The van der Waals surface area contributed by atoms with E-state index in [0.29, 0.717) is 11.3 Å². The number of nitrogens with one attached hydrogen (secondary N) is 2. The Hall–Kier alpha value is -2.53. The molecule has 3 rings (SSSR count). The van der Waals surface area contributed by atoms with Gasteiger partial charge in [-0.05, 0) is 56.4 Å². The van der Waals surface area contributed by atoms with Gasteiger partial charge in [0.15, 0.2) is 0 Å². The first-order chi connectivity index (χ1) is 14.5. The molecule has 0 unspecified atom stereocenters. The van der Waals surface area contributed by atoms with Gasteiger partial charge in [-0.15, -0.1) is 11.6 Å². The number of carbonyl (C=O) groups excluding carboxylic acids is 2. The molecular formula is C24H30ClN3O2. The van der Waals surface area contributed by atoms with Crippen LogP contribution in [0.2, 0.25) is 0 Å². The van der Waals surface area contributed by atoms with Crippen molar-refractivity contribution in [2.75, 3.05) is 23.3 Å². The number of halogens is 1. The number of nitrogens with zero attached hydrogens (tertiary/aromatic N) is 1. The number of hydrogen-bond donors (Lipinski definition) is 2. The van der Waals surface area contributed by atoms with E-state index in [9.17, 15) is 9.59 Å². The first-order valence-electron chi connectivity index (χ1n) is 10.7. The van der Waals surface area contributed by atoms with Gasteiger partial charge in [0.2, 0.25) is 5.91 Å². The van der Waals surface area contributed by atoms with Crippen molar-refractivity contribution in [2.45, 2.75) is 50.9 Å². The van der Waals surface area contributed by atoms with Crippen LogP contribution in [0.1, 0.15) is 60.8 Å². The Morgan fingerprint density at radius 3 is 2.43 bits per heavy atom. The summed E-state index contributed by atoms with van der Waals surface area (Å²) in [5.41, 5.74) is 2.80. The number of anilines is 2. The molecule has 0 saturated carbocycles. The molecular weight excluding hydrogens is 398 g/mol. The van der Waals surface area contributed by atoms with Gasteiger partial charge in [-0.2, -0.15) is 0 Å². The molecule has 0 bridgehead atoms. The minimum atomic E-state index is -0.801. The number of benzene rings is 2. The largest absolute Gasteiger partial charge is 0.371 e. The van der Waals surface area contributed by atoms with Crippen molar-refractivity contribution in [1.29, 1.82) is 0 Å². The lowest BCUT2D eigenvalue weighted by molar-refractivity contribution is -0.116. The average molecular weight is 428 g/mol. The Morgan fingerprint density at radius 2 is 1.77 bits per heavy atom. The molecule has 1 saturated heterocycles. The van der Waals surface area contributed by atoms with Crippen molar-refractivity contribution in [3.05, 3.63) is 59.7 Å². The maximum atomic E-state index is 13.0. The summed E-state index contributed by atoms with van der Waals surface area (Å²) in [6.45, 7) is 5.90. The first kappa shape index (κ1) is 22.2. The Kier molecular flexibility index (Phi) is 7.75. The van der Waals surface area contributed by atoms with Crippen LogP contribution < -0.4 is 15.5 Å². The fraction of sp³-hybridized carbons (Fsp3) is 0.417. The van der Waals surface area contributed by atoms with E-state index >= 15 is 0 Å². The quantitative estimate of drug-likeness (QED) is 0.602. The highest BCUT2D eigenvalue weighted by molar-refractivity contribution is 6.32. The summed E-state index contributed by atoms with van der Waals surface area (Å²) >= 11 is 6.35. The number of hydrogen-bond acceptors (Lipinski definition) is 3. The lowest BCUT2D eigenvalue weighted by atomic mass is 10.0. The summed E-state index contributed by atoms with van der Waals surface area (Å²) in [5, 5.41) is 5.11. The molecule has 2 amide bonds. The summed E-state index contributed by atoms with van der Waals surface area (Å²) in [6.07, 6.45) is 4.31. The molecule has 0 spiro atoms. The zero-order chi connectivity index (χ0) is 21.5. The maximum absolute atomic E-state index is 13.0. The molecule has 1 aliphatic rings. The van der Waals surface area contributed by atoms with E-state index in [4.69, 9.17) is 11.6 Å². The van der Waals surface area contributed by atoms with Gasteiger partial charge in [-0.25, -0.2) is 0 Å². The monoisotopic (exact) mass is 427 g/mol. The summed E-state index contributed by atoms with van der Waals surface area (Å²) in [5.74, 6) is -0.437. The summed E-state index contributed by atoms with van der Waals surface area (Å²) in [7, 11) is 0. The van der Waals surface area contributed by atoms with E-state index in [1.807, 2.05) is 56.3 Å². The van der Waals surface area contributed by atoms with Gasteiger partial charge in [-0.3, -0.25) is 9.59 Å². The summed E-state index contributed by atoms with van der Waals surface area (Å²) < 4.78 is 0. The maximum Gasteiger partial charge on any atom is 0.253 e. The third-order valence-electron chi connectivity index (χ3n) is 5.52. The van der Waals surface area contributed by atoms with Crippen LogP contribution >= 0.6 is 11.6 Å². The van der Waals surface area contributed by atoms with Crippen molar-refractivity contribution < 1.29 is 9.59 Å². The van der Waals surface area contributed by atoms with Crippen molar-refractivity contribution in [1.82, 2.24) is 5.32 Å². The second-order valence-electron chi connectivity index (χ2n) is 7.82. The third-order valence-corrected chi connectivity index (χ3v) is 5.97. The molecule has 1 heterocycles. The summed E-state index contributed by atoms with van der Waals surface area (Å²) in [4.78, 5) is 27.9. The van der Waals surface area contributed by atoms with Crippen LogP contribution in [0.5, 0.6) is 0 Å². The normalized spacial score (nSPS) is 15.9. The zero-order valence-corrected chi connectivity index (χ0v) is 18.4. The molecule has 160 valence electrons. The summed E-state index contributed by atoms with van der Waals surface area (Å²) in [6, 6.07) is 14.8. The molecule has 2 aromatic carbocycles. The minimum Gasteiger partial charge on any atom is -0.371 e. The van der Waals surface area contributed by atoms with Crippen LogP contribution in [-0.2, 0) is 4.79 Å². The van der Waals surface area contributed by atoms with Crippen molar-refractivity contribution in [2.24, 2.45) is 0 Å². The molecule has 30 heavy (non-hydrogen) atoms. The Morgan fingerprint density at radius 1 is 1.07 bits per heavy atom. The average Bonchev–Trinajstić information content (AvgIpc) is 2.79. The fourth-order valence-electron chi connectivity index (χ4n) is 3.59. The number of carbonyl (C=O) groups is 2. The van der Waals surface area contributed by atoms with Gasteiger partial charge < -0.3 is 15.5 Å². The lowest BCUT2D eigenvalue weighted by Crippen LogP contribution is -2.35. The van der Waals surface area contributed by atoms with Crippen LogP contribution in [0.4, 0.5) is 11.4 Å².